The van der Waals surface area contributed by atoms with Gasteiger partial charge in [-0.15, -0.1) is 0 Å². The van der Waals surface area contributed by atoms with Crippen molar-refractivity contribution in [1.29, 1.82) is 0 Å². The van der Waals surface area contributed by atoms with Crippen LogP contribution in [-0.2, 0) is 18.3 Å². The summed E-state index contributed by atoms with van der Waals surface area (Å²) in [6, 6.07) is 0.692. The highest BCUT2D eigenvalue weighted by Gasteiger charge is 2.23. The van der Waals surface area contributed by atoms with E-state index in [1.165, 1.54) is 24.1 Å². The molecule has 29 heavy (non-hydrogen) atoms. The summed E-state index contributed by atoms with van der Waals surface area (Å²) >= 11 is 0. The second kappa shape index (κ2) is 10.6. The molecule has 1 fully saturated rings. The lowest BCUT2D eigenvalue weighted by atomic mass is 10.1. The minimum absolute atomic E-state index is 0.00578. The molecule has 1 aliphatic rings. The predicted octanol–water partition coefficient (Wildman–Crippen LogP) is 1.08. The summed E-state index contributed by atoms with van der Waals surface area (Å²) in [5.41, 5.74) is 3.52. The lowest BCUT2D eigenvalue weighted by Crippen LogP contribution is -2.48. The number of likely N-dealkylation sites (tertiary alicyclic amines) is 1. The third-order valence-corrected chi connectivity index (χ3v) is 5.83. The van der Waals surface area contributed by atoms with Gasteiger partial charge in [-0.1, -0.05) is 6.92 Å². The molecular formula is C21H39N7O. The van der Waals surface area contributed by atoms with E-state index in [4.69, 9.17) is 0 Å². The number of guanidine groups is 1. The Kier molecular flexibility index (Phi) is 8.49. The highest BCUT2D eigenvalue weighted by molar-refractivity contribution is 5.85. The minimum atomic E-state index is -0.00578. The van der Waals surface area contributed by atoms with Crippen molar-refractivity contribution in [2.24, 2.45) is 12.0 Å². The number of likely N-dealkylation sites (N-methyl/N-ethyl adjacent to an activating group) is 2. The number of hydrogen-bond acceptors (Lipinski definition) is 4. The molecule has 8 heteroatoms. The zero-order valence-electron chi connectivity index (χ0n) is 19.2. The Labute approximate surface area is 175 Å². The van der Waals surface area contributed by atoms with Gasteiger partial charge < -0.3 is 15.5 Å². The van der Waals surface area contributed by atoms with E-state index in [0.717, 1.165) is 31.7 Å². The number of nitrogens with one attached hydrogen (secondary N) is 2. The number of carbonyl (C=O) groups excluding carboxylic acids is 1. The second-order valence-electron chi connectivity index (χ2n) is 8.28. The van der Waals surface area contributed by atoms with E-state index < -0.39 is 0 Å². The van der Waals surface area contributed by atoms with Gasteiger partial charge in [0.2, 0.25) is 5.91 Å². The SMILES string of the molecule is CCN1CCCC1CNC(=NCC(=O)N(C)C)NC(C)Cc1c(C)nn(C)c1C. The summed E-state index contributed by atoms with van der Waals surface area (Å²) in [4.78, 5) is 20.6. The van der Waals surface area contributed by atoms with Gasteiger partial charge in [0.25, 0.3) is 0 Å². The van der Waals surface area contributed by atoms with Gasteiger partial charge in [-0.05, 0) is 58.7 Å². The first-order valence-electron chi connectivity index (χ1n) is 10.7. The van der Waals surface area contributed by atoms with Crippen LogP contribution in [0, 0.1) is 13.8 Å². The molecule has 1 aromatic rings. The van der Waals surface area contributed by atoms with Crippen LogP contribution in [0.4, 0.5) is 0 Å². The van der Waals surface area contributed by atoms with E-state index >= 15 is 0 Å². The van der Waals surface area contributed by atoms with Crippen molar-refractivity contribution in [1.82, 2.24) is 30.2 Å². The molecule has 164 valence electrons. The third-order valence-electron chi connectivity index (χ3n) is 5.83. The fourth-order valence-electron chi connectivity index (χ4n) is 3.90. The Hall–Kier alpha value is -2.09. The zero-order valence-corrected chi connectivity index (χ0v) is 19.2. The van der Waals surface area contributed by atoms with Gasteiger partial charge in [-0.2, -0.15) is 5.10 Å². The maximum absolute atomic E-state index is 12.0. The van der Waals surface area contributed by atoms with E-state index in [2.05, 4.69) is 53.3 Å². The van der Waals surface area contributed by atoms with Crippen molar-refractivity contribution in [3.8, 4) is 0 Å². The van der Waals surface area contributed by atoms with Crippen molar-refractivity contribution in [2.45, 2.75) is 59.0 Å². The molecule has 0 bridgehead atoms. The average molecular weight is 406 g/mol. The molecule has 1 saturated heterocycles. The molecule has 1 aliphatic heterocycles. The molecule has 0 saturated carbocycles. The van der Waals surface area contributed by atoms with Crippen LogP contribution in [0.1, 0.15) is 43.6 Å². The van der Waals surface area contributed by atoms with Crippen molar-refractivity contribution < 1.29 is 4.79 Å². The minimum Gasteiger partial charge on any atom is -0.355 e. The first-order valence-corrected chi connectivity index (χ1v) is 10.7. The standard InChI is InChI=1S/C21H39N7O/c1-8-28-11-9-10-18(28)13-22-21(23-14-20(29)26(5)6)24-15(2)12-19-16(3)25-27(7)17(19)4/h15,18H,8-14H2,1-7H3,(H2,22,23,24). The van der Waals surface area contributed by atoms with Gasteiger partial charge in [-0.3, -0.25) is 14.4 Å². The molecule has 0 radical (unpaired) electrons. The summed E-state index contributed by atoms with van der Waals surface area (Å²) in [5, 5.41) is 11.5. The van der Waals surface area contributed by atoms with Crippen molar-refractivity contribution in [3.63, 3.8) is 0 Å². The number of aryl methyl sites for hydroxylation is 2. The Morgan fingerprint density at radius 1 is 1.38 bits per heavy atom. The number of aromatic nitrogens is 2. The van der Waals surface area contributed by atoms with E-state index in [9.17, 15) is 4.79 Å². The summed E-state index contributed by atoms with van der Waals surface area (Å²) in [7, 11) is 5.49. The Balaban J connectivity index is 2.03. The number of amides is 1. The first kappa shape index (κ1) is 23.2. The molecule has 2 heterocycles. The number of aliphatic imine (C=N–C) groups is 1. The Bertz CT molecular complexity index is 710. The van der Waals surface area contributed by atoms with Gasteiger partial charge in [-0.25, -0.2) is 4.99 Å². The van der Waals surface area contributed by atoms with Gasteiger partial charge in [0, 0.05) is 45.5 Å². The summed E-state index contributed by atoms with van der Waals surface area (Å²) in [6.07, 6.45) is 3.31. The van der Waals surface area contributed by atoms with Crippen molar-refractivity contribution in [3.05, 3.63) is 17.0 Å². The molecule has 2 unspecified atom stereocenters. The lowest BCUT2D eigenvalue weighted by molar-refractivity contribution is -0.127. The highest BCUT2D eigenvalue weighted by atomic mass is 16.2. The highest BCUT2D eigenvalue weighted by Crippen LogP contribution is 2.16. The van der Waals surface area contributed by atoms with Crippen LogP contribution in [0.15, 0.2) is 4.99 Å². The third kappa shape index (κ3) is 6.45. The lowest BCUT2D eigenvalue weighted by Gasteiger charge is -2.25. The summed E-state index contributed by atoms with van der Waals surface area (Å²) in [6.45, 7) is 11.7. The van der Waals surface area contributed by atoms with E-state index in [1.54, 1.807) is 19.0 Å². The fourth-order valence-corrected chi connectivity index (χ4v) is 3.90. The normalized spacial score (nSPS) is 18.7. The fraction of sp³-hybridized carbons (Fsp3) is 0.762. The van der Waals surface area contributed by atoms with Gasteiger partial charge in [0.15, 0.2) is 5.96 Å². The summed E-state index contributed by atoms with van der Waals surface area (Å²) < 4.78 is 1.93. The quantitative estimate of drug-likeness (QED) is 0.500. The van der Waals surface area contributed by atoms with Gasteiger partial charge >= 0.3 is 0 Å². The molecule has 0 aliphatic carbocycles. The van der Waals surface area contributed by atoms with Crippen molar-refractivity contribution >= 4 is 11.9 Å². The van der Waals surface area contributed by atoms with E-state index in [-0.39, 0.29) is 18.5 Å². The molecule has 2 N–H and O–H groups in total. The maximum Gasteiger partial charge on any atom is 0.243 e. The molecule has 2 rings (SSSR count). The second-order valence-corrected chi connectivity index (χ2v) is 8.28. The topological polar surface area (TPSA) is 77.8 Å². The molecule has 1 amide bonds. The molecule has 0 aromatic carbocycles. The zero-order chi connectivity index (χ0) is 21.6. The molecule has 1 aromatic heterocycles. The van der Waals surface area contributed by atoms with E-state index in [0.29, 0.717) is 12.0 Å². The van der Waals surface area contributed by atoms with Crippen LogP contribution < -0.4 is 10.6 Å². The van der Waals surface area contributed by atoms with Crippen LogP contribution >= 0.6 is 0 Å². The van der Waals surface area contributed by atoms with Crippen LogP contribution in [0.5, 0.6) is 0 Å². The molecule has 8 nitrogen and oxygen atoms in total. The Morgan fingerprint density at radius 3 is 2.69 bits per heavy atom. The van der Waals surface area contributed by atoms with Crippen molar-refractivity contribution in [2.75, 3.05) is 40.3 Å². The predicted molar refractivity (Wildman–Crippen MR) is 118 cm³/mol. The average Bonchev–Trinajstić information content (AvgIpc) is 3.22. The molecular weight excluding hydrogens is 366 g/mol. The van der Waals surface area contributed by atoms with Crippen LogP contribution in [0.3, 0.4) is 0 Å². The maximum atomic E-state index is 12.0. The largest absolute Gasteiger partial charge is 0.355 e. The monoisotopic (exact) mass is 405 g/mol. The number of carbonyl (C=O) groups is 1. The molecule has 2 atom stereocenters. The summed E-state index contributed by atoms with van der Waals surface area (Å²) in [5.74, 6) is 0.698. The first-order chi connectivity index (χ1) is 13.7. The van der Waals surface area contributed by atoms with E-state index in [1.807, 2.05) is 11.7 Å². The number of hydrogen-bond donors (Lipinski definition) is 2. The van der Waals surface area contributed by atoms with Gasteiger partial charge in [0.05, 0.1) is 5.69 Å². The van der Waals surface area contributed by atoms with Crippen LogP contribution in [-0.4, -0.2) is 83.8 Å². The number of rotatable bonds is 8. The number of nitrogens with zero attached hydrogens (tertiary/aromatic N) is 5. The Morgan fingerprint density at radius 2 is 2.10 bits per heavy atom. The van der Waals surface area contributed by atoms with Gasteiger partial charge in [0.1, 0.15) is 6.54 Å². The van der Waals surface area contributed by atoms with Crippen LogP contribution in [0.2, 0.25) is 0 Å². The molecule has 0 spiro atoms. The van der Waals surface area contributed by atoms with Crippen LogP contribution in [0.25, 0.3) is 0 Å². The smallest absolute Gasteiger partial charge is 0.243 e.